The summed E-state index contributed by atoms with van der Waals surface area (Å²) in [6.07, 6.45) is 41.1. The zero-order valence-electron chi connectivity index (χ0n) is 30.4. The van der Waals surface area contributed by atoms with E-state index in [0.717, 1.165) is 83.5 Å². The van der Waals surface area contributed by atoms with Gasteiger partial charge in [0.15, 0.2) is 6.10 Å². The summed E-state index contributed by atoms with van der Waals surface area (Å²) in [5.41, 5.74) is 0. The lowest BCUT2D eigenvalue weighted by molar-refractivity contribution is -0.161. The minimum absolute atomic E-state index is 0.189. The van der Waals surface area contributed by atoms with E-state index in [4.69, 9.17) is 19.3 Å². The van der Waals surface area contributed by atoms with Crippen LogP contribution in [-0.2, 0) is 28.2 Å². The molecule has 0 aliphatic carbocycles. The molecule has 0 aliphatic rings. The molecule has 0 amide bonds. The molecule has 0 aromatic rings. The van der Waals surface area contributed by atoms with Crippen LogP contribution >= 0.6 is 7.82 Å². The number of allylic oxidation sites excluding steroid dienone is 8. The molecule has 1 atom stereocenters. The van der Waals surface area contributed by atoms with Crippen LogP contribution in [-0.4, -0.2) is 41.0 Å². The number of rotatable bonds is 34. The number of ether oxygens (including phenoxy) is 2. The molecule has 0 aromatic heterocycles. The first kappa shape index (κ1) is 46.0. The first-order chi connectivity index (χ1) is 23.3. The average Bonchev–Trinajstić information content (AvgIpc) is 3.05. The maximum absolute atomic E-state index is 12.4. The highest BCUT2D eigenvalue weighted by molar-refractivity contribution is 7.46. The number of carbonyl (C=O) groups is 2. The largest absolute Gasteiger partial charge is 0.469 e. The molecule has 0 bridgehead atoms. The number of hydrogen-bond acceptors (Lipinski definition) is 6. The van der Waals surface area contributed by atoms with E-state index in [1.54, 1.807) is 0 Å². The van der Waals surface area contributed by atoms with Gasteiger partial charge in [-0.3, -0.25) is 14.1 Å². The van der Waals surface area contributed by atoms with Gasteiger partial charge in [0.25, 0.3) is 0 Å². The standard InChI is InChI=1S/C39H69O8P/c1-3-5-7-9-11-13-15-17-19-21-23-25-27-29-31-33-38(40)45-35-37(36-46-48(42,43)44)47-39(41)34-32-30-28-26-24-22-20-18-16-14-12-10-8-6-4-2/h6,8,12,14,17-20,37H,3-5,7,9-11,13,15-16,21-36H2,1-2H3,(H2,42,43,44)/b8-6-,14-12-,19-17-,20-18-/t37-/m1/s1. The van der Waals surface area contributed by atoms with Gasteiger partial charge in [-0.15, -0.1) is 0 Å². The lowest BCUT2D eigenvalue weighted by Crippen LogP contribution is -2.29. The Morgan fingerprint density at radius 1 is 0.562 bits per heavy atom. The molecule has 0 fully saturated rings. The van der Waals surface area contributed by atoms with Crippen LogP contribution in [0.15, 0.2) is 48.6 Å². The van der Waals surface area contributed by atoms with Gasteiger partial charge in [-0.05, 0) is 70.6 Å². The fourth-order valence-corrected chi connectivity index (χ4v) is 5.39. The second-order valence-electron chi connectivity index (χ2n) is 12.5. The van der Waals surface area contributed by atoms with Crippen LogP contribution in [0.4, 0.5) is 0 Å². The van der Waals surface area contributed by atoms with Crippen molar-refractivity contribution in [1.29, 1.82) is 0 Å². The molecule has 0 aliphatic heterocycles. The molecule has 0 spiro atoms. The molecular formula is C39H69O8P. The molecule has 48 heavy (non-hydrogen) atoms. The van der Waals surface area contributed by atoms with Gasteiger partial charge in [0, 0.05) is 12.8 Å². The Morgan fingerprint density at radius 3 is 1.52 bits per heavy atom. The van der Waals surface area contributed by atoms with Crippen LogP contribution in [0.5, 0.6) is 0 Å². The number of hydrogen-bond donors (Lipinski definition) is 2. The van der Waals surface area contributed by atoms with Gasteiger partial charge in [0.05, 0.1) is 6.61 Å². The maximum atomic E-state index is 12.4. The van der Waals surface area contributed by atoms with Crippen molar-refractivity contribution in [2.24, 2.45) is 0 Å². The van der Waals surface area contributed by atoms with E-state index in [2.05, 4.69) is 67.0 Å². The third kappa shape index (κ3) is 36.8. The molecule has 0 rings (SSSR count). The predicted octanol–water partition coefficient (Wildman–Crippen LogP) is 11.2. The summed E-state index contributed by atoms with van der Waals surface area (Å²) >= 11 is 0. The monoisotopic (exact) mass is 696 g/mol. The van der Waals surface area contributed by atoms with Crippen LogP contribution in [0.3, 0.4) is 0 Å². The lowest BCUT2D eigenvalue weighted by atomic mass is 10.1. The van der Waals surface area contributed by atoms with Crippen LogP contribution in [0.25, 0.3) is 0 Å². The fraction of sp³-hybridized carbons (Fsp3) is 0.744. The van der Waals surface area contributed by atoms with Crippen LogP contribution < -0.4 is 0 Å². The van der Waals surface area contributed by atoms with Crippen molar-refractivity contribution < 1.29 is 37.9 Å². The zero-order valence-corrected chi connectivity index (χ0v) is 31.3. The first-order valence-electron chi connectivity index (χ1n) is 18.9. The molecule has 0 saturated carbocycles. The highest BCUT2D eigenvalue weighted by Gasteiger charge is 2.22. The third-order valence-corrected chi connectivity index (χ3v) is 8.32. The number of unbranched alkanes of at least 4 members (excludes halogenated alkanes) is 16. The predicted molar refractivity (Wildman–Crippen MR) is 198 cm³/mol. The van der Waals surface area contributed by atoms with Gasteiger partial charge < -0.3 is 19.3 Å². The molecular weight excluding hydrogens is 627 g/mol. The number of phosphoric ester groups is 1. The van der Waals surface area contributed by atoms with E-state index in [1.165, 1.54) is 44.9 Å². The summed E-state index contributed by atoms with van der Waals surface area (Å²) in [7, 11) is -4.76. The highest BCUT2D eigenvalue weighted by Crippen LogP contribution is 2.36. The summed E-state index contributed by atoms with van der Waals surface area (Å²) in [4.78, 5) is 42.7. The van der Waals surface area contributed by atoms with Gasteiger partial charge in [0.2, 0.25) is 0 Å². The average molecular weight is 697 g/mol. The minimum Gasteiger partial charge on any atom is -0.462 e. The van der Waals surface area contributed by atoms with Crippen molar-refractivity contribution in [1.82, 2.24) is 0 Å². The Labute approximate surface area is 293 Å². The molecule has 0 saturated heterocycles. The van der Waals surface area contributed by atoms with Crippen molar-refractivity contribution >= 4 is 19.8 Å². The molecule has 0 aromatic carbocycles. The lowest BCUT2D eigenvalue weighted by Gasteiger charge is -2.18. The summed E-state index contributed by atoms with van der Waals surface area (Å²) in [6.45, 7) is 3.53. The second-order valence-corrected chi connectivity index (χ2v) is 13.8. The van der Waals surface area contributed by atoms with Crippen molar-refractivity contribution in [3.8, 4) is 0 Å². The fourth-order valence-electron chi connectivity index (χ4n) is 5.03. The molecule has 278 valence electrons. The molecule has 9 heteroatoms. The Bertz CT molecular complexity index is 921. The van der Waals surface area contributed by atoms with Crippen molar-refractivity contribution in [3.05, 3.63) is 48.6 Å². The SMILES string of the molecule is CC/C=C\C/C=C\C/C=C\CCCCCCCC(=O)O[C@H](COC(=O)CCCCCCC/C=C\CCCCCCCC)COP(=O)(O)O. The maximum Gasteiger partial charge on any atom is 0.469 e. The van der Waals surface area contributed by atoms with Crippen LogP contribution in [0.1, 0.15) is 168 Å². The molecule has 0 unspecified atom stereocenters. The Morgan fingerprint density at radius 2 is 1.00 bits per heavy atom. The van der Waals surface area contributed by atoms with Gasteiger partial charge >= 0.3 is 19.8 Å². The topological polar surface area (TPSA) is 119 Å². The van der Waals surface area contributed by atoms with Crippen molar-refractivity contribution in [2.45, 2.75) is 174 Å². The van der Waals surface area contributed by atoms with E-state index in [1.807, 2.05) is 0 Å². The minimum atomic E-state index is -4.76. The quantitative estimate of drug-likeness (QED) is 0.0295. The van der Waals surface area contributed by atoms with E-state index >= 15 is 0 Å². The third-order valence-electron chi connectivity index (χ3n) is 7.83. The molecule has 0 heterocycles. The Hall–Kier alpha value is -1.99. The van der Waals surface area contributed by atoms with Gasteiger partial charge in [-0.2, -0.15) is 0 Å². The zero-order chi connectivity index (χ0) is 35.4. The first-order valence-corrected chi connectivity index (χ1v) is 20.5. The van der Waals surface area contributed by atoms with Crippen molar-refractivity contribution in [3.63, 3.8) is 0 Å². The van der Waals surface area contributed by atoms with Crippen molar-refractivity contribution in [2.75, 3.05) is 13.2 Å². The van der Waals surface area contributed by atoms with E-state index in [9.17, 15) is 14.2 Å². The van der Waals surface area contributed by atoms with Gasteiger partial charge in [0.1, 0.15) is 6.61 Å². The van der Waals surface area contributed by atoms with Crippen LogP contribution in [0.2, 0.25) is 0 Å². The molecule has 8 nitrogen and oxygen atoms in total. The van der Waals surface area contributed by atoms with E-state index < -0.39 is 32.5 Å². The molecule has 2 N–H and O–H groups in total. The summed E-state index contributed by atoms with van der Waals surface area (Å²) in [5, 5.41) is 0. The Balaban J connectivity index is 4.01. The van der Waals surface area contributed by atoms with Gasteiger partial charge in [-0.1, -0.05) is 133 Å². The number of esters is 2. The summed E-state index contributed by atoms with van der Waals surface area (Å²) < 4.78 is 26.3. The second kappa shape index (κ2) is 34.9. The smallest absolute Gasteiger partial charge is 0.462 e. The van der Waals surface area contributed by atoms with Crippen LogP contribution in [0, 0.1) is 0 Å². The number of carbonyl (C=O) groups excluding carboxylic acids is 2. The Kier molecular flexibility index (Phi) is 33.4. The van der Waals surface area contributed by atoms with Gasteiger partial charge in [-0.25, -0.2) is 4.57 Å². The normalized spacial score (nSPS) is 13.0. The molecule has 0 radical (unpaired) electrons. The summed E-state index contributed by atoms with van der Waals surface area (Å²) in [6, 6.07) is 0. The highest BCUT2D eigenvalue weighted by atomic mass is 31.2. The number of phosphoric acid groups is 1. The van der Waals surface area contributed by atoms with E-state index in [-0.39, 0.29) is 19.4 Å². The summed E-state index contributed by atoms with van der Waals surface area (Å²) in [5.74, 6) is -0.917. The van der Waals surface area contributed by atoms with E-state index in [0.29, 0.717) is 12.8 Å².